The fourth-order valence-corrected chi connectivity index (χ4v) is 3.48. The van der Waals surface area contributed by atoms with Crippen LogP contribution in [-0.4, -0.2) is 50.1 Å². The Morgan fingerprint density at radius 3 is 2.38 bits per heavy atom. The number of nitrogens with one attached hydrogen (secondary N) is 1. The van der Waals surface area contributed by atoms with E-state index in [1.165, 1.54) is 5.69 Å². The standard InChI is InChI=1S/C21H26ClN3O/c22-20-10-5-4-7-18(20)17-21(26)23-11-6-12-24-13-15-25(16-14-24)19-8-2-1-3-9-19/h1-5,7-10H,6,11-17H2,(H,23,26). The fourth-order valence-electron chi connectivity index (χ4n) is 3.28. The van der Waals surface area contributed by atoms with Crippen LogP contribution in [0.2, 0.25) is 5.02 Å². The lowest BCUT2D eigenvalue weighted by molar-refractivity contribution is -0.120. The molecule has 0 radical (unpaired) electrons. The van der Waals surface area contributed by atoms with Crippen LogP contribution < -0.4 is 10.2 Å². The van der Waals surface area contributed by atoms with Gasteiger partial charge >= 0.3 is 0 Å². The summed E-state index contributed by atoms with van der Waals surface area (Å²) in [5.41, 5.74) is 2.18. The van der Waals surface area contributed by atoms with Crippen molar-refractivity contribution in [1.29, 1.82) is 0 Å². The molecule has 1 saturated heterocycles. The molecule has 3 rings (SSSR count). The van der Waals surface area contributed by atoms with E-state index in [-0.39, 0.29) is 5.91 Å². The van der Waals surface area contributed by atoms with Crippen molar-refractivity contribution in [1.82, 2.24) is 10.2 Å². The number of hydrogen-bond acceptors (Lipinski definition) is 3. The average molecular weight is 372 g/mol. The van der Waals surface area contributed by atoms with Crippen molar-refractivity contribution in [3.05, 3.63) is 65.2 Å². The molecular weight excluding hydrogens is 346 g/mol. The summed E-state index contributed by atoms with van der Waals surface area (Å²) in [5, 5.41) is 3.65. The topological polar surface area (TPSA) is 35.6 Å². The second kappa shape index (κ2) is 9.60. The zero-order valence-corrected chi connectivity index (χ0v) is 15.8. The number of rotatable bonds is 7. The highest BCUT2D eigenvalue weighted by Crippen LogP contribution is 2.16. The van der Waals surface area contributed by atoms with Gasteiger partial charge in [-0.25, -0.2) is 0 Å². The van der Waals surface area contributed by atoms with Crippen molar-refractivity contribution in [2.45, 2.75) is 12.8 Å². The third-order valence-corrected chi connectivity index (χ3v) is 5.14. The highest BCUT2D eigenvalue weighted by Gasteiger charge is 2.16. The molecule has 2 aromatic rings. The predicted molar refractivity (Wildman–Crippen MR) is 108 cm³/mol. The Balaban J connectivity index is 1.31. The van der Waals surface area contributed by atoms with Gasteiger partial charge in [-0.2, -0.15) is 0 Å². The van der Waals surface area contributed by atoms with Crippen LogP contribution >= 0.6 is 11.6 Å². The third kappa shape index (κ3) is 5.48. The van der Waals surface area contributed by atoms with E-state index < -0.39 is 0 Å². The summed E-state index contributed by atoms with van der Waals surface area (Å²) < 4.78 is 0. The fraction of sp³-hybridized carbons (Fsp3) is 0.381. The normalized spacial score (nSPS) is 15.0. The van der Waals surface area contributed by atoms with E-state index in [9.17, 15) is 4.79 Å². The van der Waals surface area contributed by atoms with Crippen LogP contribution in [0.5, 0.6) is 0 Å². The van der Waals surface area contributed by atoms with Crippen molar-refractivity contribution in [2.75, 3.05) is 44.2 Å². The van der Waals surface area contributed by atoms with E-state index in [2.05, 4.69) is 45.4 Å². The molecule has 1 aliphatic heterocycles. The molecular formula is C21H26ClN3O. The van der Waals surface area contributed by atoms with Crippen LogP contribution in [0.3, 0.4) is 0 Å². The van der Waals surface area contributed by atoms with Gasteiger partial charge in [0, 0.05) is 43.4 Å². The minimum absolute atomic E-state index is 0.0343. The van der Waals surface area contributed by atoms with Gasteiger partial charge in [0.1, 0.15) is 0 Å². The zero-order chi connectivity index (χ0) is 18.2. The molecule has 0 unspecified atom stereocenters. The first-order valence-electron chi connectivity index (χ1n) is 9.25. The number of amides is 1. The van der Waals surface area contributed by atoms with E-state index in [1.54, 1.807) is 0 Å². The van der Waals surface area contributed by atoms with Crippen molar-refractivity contribution in [2.24, 2.45) is 0 Å². The number of halogens is 1. The molecule has 0 saturated carbocycles. The van der Waals surface area contributed by atoms with Crippen LogP contribution in [0.15, 0.2) is 54.6 Å². The molecule has 0 atom stereocenters. The molecule has 1 fully saturated rings. The van der Waals surface area contributed by atoms with Crippen molar-refractivity contribution < 1.29 is 4.79 Å². The second-order valence-corrected chi connectivity index (χ2v) is 7.04. The third-order valence-electron chi connectivity index (χ3n) is 4.78. The lowest BCUT2D eigenvalue weighted by Gasteiger charge is -2.36. The first kappa shape index (κ1) is 18.7. The molecule has 0 aromatic heterocycles. The Labute approximate surface area is 160 Å². The molecule has 5 heteroatoms. The monoisotopic (exact) mass is 371 g/mol. The Hall–Kier alpha value is -2.04. The number of para-hydroxylation sites is 1. The first-order valence-corrected chi connectivity index (χ1v) is 9.62. The average Bonchev–Trinajstić information content (AvgIpc) is 2.68. The molecule has 26 heavy (non-hydrogen) atoms. The van der Waals surface area contributed by atoms with Crippen LogP contribution in [0.1, 0.15) is 12.0 Å². The molecule has 2 aromatic carbocycles. The number of nitrogens with zero attached hydrogens (tertiary/aromatic N) is 2. The Morgan fingerprint density at radius 2 is 1.65 bits per heavy atom. The van der Waals surface area contributed by atoms with E-state index in [4.69, 9.17) is 11.6 Å². The van der Waals surface area contributed by atoms with Gasteiger partial charge in [-0.1, -0.05) is 48.0 Å². The summed E-state index contributed by atoms with van der Waals surface area (Å²) in [5.74, 6) is 0.0343. The Kier molecular flexibility index (Phi) is 6.92. The Bertz CT molecular complexity index is 699. The highest BCUT2D eigenvalue weighted by molar-refractivity contribution is 6.31. The highest BCUT2D eigenvalue weighted by atomic mass is 35.5. The maximum absolute atomic E-state index is 12.0. The van der Waals surface area contributed by atoms with Crippen LogP contribution in [0, 0.1) is 0 Å². The van der Waals surface area contributed by atoms with Gasteiger partial charge in [-0.05, 0) is 36.7 Å². The smallest absolute Gasteiger partial charge is 0.224 e. The van der Waals surface area contributed by atoms with Crippen LogP contribution in [0.4, 0.5) is 5.69 Å². The van der Waals surface area contributed by atoms with Gasteiger partial charge in [-0.15, -0.1) is 0 Å². The molecule has 1 aliphatic rings. The predicted octanol–water partition coefficient (Wildman–Crippen LogP) is 3.21. The van der Waals surface area contributed by atoms with Gasteiger partial charge in [0.05, 0.1) is 6.42 Å². The minimum atomic E-state index is 0.0343. The number of carbonyl (C=O) groups is 1. The van der Waals surface area contributed by atoms with Gasteiger partial charge in [-0.3, -0.25) is 9.69 Å². The van der Waals surface area contributed by atoms with E-state index >= 15 is 0 Å². The zero-order valence-electron chi connectivity index (χ0n) is 15.0. The van der Waals surface area contributed by atoms with Crippen molar-refractivity contribution in [3.63, 3.8) is 0 Å². The number of benzene rings is 2. The molecule has 1 N–H and O–H groups in total. The van der Waals surface area contributed by atoms with Gasteiger partial charge < -0.3 is 10.2 Å². The minimum Gasteiger partial charge on any atom is -0.369 e. The summed E-state index contributed by atoms with van der Waals surface area (Å²) in [6, 6.07) is 18.1. The molecule has 4 nitrogen and oxygen atoms in total. The maximum atomic E-state index is 12.0. The van der Waals surface area contributed by atoms with E-state index in [1.807, 2.05) is 24.3 Å². The Morgan fingerprint density at radius 1 is 0.962 bits per heavy atom. The van der Waals surface area contributed by atoms with Crippen LogP contribution in [-0.2, 0) is 11.2 Å². The molecule has 0 aliphatic carbocycles. The second-order valence-electron chi connectivity index (χ2n) is 6.64. The van der Waals surface area contributed by atoms with Gasteiger partial charge in [0.15, 0.2) is 0 Å². The quantitative estimate of drug-likeness (QED) is 0.759. The SMILES string of the molecule is O=C(Cc1ccccc1Cl)NCCCN1CCN(c2ccccc2)CC1. The lowest BCUT2D eigenvalue weighted by Crippen LogP contribution is -2.47. The number of carbonyl (C=O) groups excluding carboxylic acids is 1. The molecule has 0 spiro atoms. The number of hydrogen-bond donors (Lipinski definition) is 1. The summed E-state index contributed by atoms with van der Waals surface area (Å²) in [4.78, 5) is 16.9. The summed E-state index contributed by atoms with van der Waals surface area (Å²) in [7, 11) is 0. The first-order chi connectivity index (χ1) is 12.7. The summed E-state index contributed by atoms with van der Waals surface area (Å²) >= 11 is 6.10. The van der Waals surface area contributed by atoms with E-state index in [0.29, 0.717) is 18.0 Å². The molecule has 0 bridgehead atoms. The largest absolute Gasteiger partial charge is 0.369 e. The lowest BCUT2D eigenvalue weighted by atomic mass is 10.1. The number of anilines is 1. The van der Waals surface area contributed by atoms with Gasteiger partial charge in [0.2, 0.25) is 5.91 Å². The van der Waals surface area contributed by atoms with Gasteiger partial charge in [0.25, 0.3) is 0 Å². The molecule has 1 amide bonds. The number of piperazine rings is 1. The van der Waals surface area contributed by atoms with Crippen molar-refractivity contribution >= 4 is 23.2 Å². The maximum Gasteiger partial charge on any atom is 0.224 e. The van der Waals surface area contributed by atoms with E-state index in [0.717, 1.165) is 44.7 Å². The molecule has 138 valence electrons. The van der Waals surface area contributed by atoms with Crippen LogP contribution in [0.25, 0.3) is 0 Å². The summed E-state index contributed by atoms with van der Waals surface area (Å²) in [6.45, 7) is 5.99. The van der Waals surface area contributed by atoms with Crippen molar-refractivity contribution in [3.8, 4) is 0 Å². The summed E-state index contributed by atoms with van der Waals surface area (Å²) in [6.07, 6.45) is 1.31. The molecule has 1 heterocycles.